The molecule has 6 atom stereocenters. The maximum absolute atomic E-state index is 12.8. The minimum absolute atomic E-state index is 0.0913. The van der Waals surface area contributed by atoms with Crippen LogP contribution in [0.1, 0.15) is 74.7 Å². The lowest BCUT2D eigenvalue weighted by atomic mass is 9.78. The summed E-state index contributed by atoms with van der Waals surface area (Å²) in [7, 11) is 0. The third kappa shape index (κ3) is 8.31. The Hall–Kier alpha value is -3.00. The van der Waals surface area contributed by atoms with Crippen molar-refractivity contribution in [3.05, 3.63) is 0 Å². The molecule has 0 aromatic carbocycles. The zero-order valence-corrected chi connectivity index (χ0v) is 28.4. The van der Waals surface area contributed by atoms with Crippen molar-refractivity contribution in [2.75, 3.05) is 0 Å². The molecule has 3 aliphatic rings. The Morgan fingerprint density at radius 1 is 0.765 bits per heavy atom. The molecule has 1 N–H and O–H groups in total. The first-order chi connectivity index (χ1) is 22.5. The van der Waals surface area contributed by atoms with Gasteiger partial charge in [-0.05, 0) is 60.8 Å². The van der Waals surface area contributed by atoms with Gasteiger partial charge in [0.1, 0.15) is 12.2 Å². The fourth-order valence-electron chi connectivity index (χ4n) is 5.84. The van der Waals surface area contributed by atoms with Crippen LogP contribution < -0.4 is 0 Å². The molecule has 0 aromatic rings. The van der Waals surface area contributed by atoms with E-state index in [4.69, 9.17) is 9.47 Å². The number of carbonyl (C=O) groups excluding carboxylic acids is 4. The second kappa shape index (κ2) is 13.8. The number of ether oxygens (including phenoxy) is 4. The smallest absolute Gasteiger partial charge is 0.434 e. The Labute approximate surface area is 283 Å². The molecule has 3 rings (SSSR count). The van der Waals surface area contributed by atoms with Crippen LogP contribution in [0.3, 0.4) is 0 Å². The number of fused-ring (bicyclic) bond motifs is 1. The molecule has 1 saturated heterocycles. The van der Waals surface area contributed by atoms with Gasteiger partial charge in [0.15, 0.2) is 5.60 Å². The van der Waals surface area contributed by atoms with Gasteiger partial charge < -0.3 is 24.1 Å². The van der Waals surface area contributed by atoms with Gasteiger partial charge in [-0.25, -0.2) is 0 Å². The van der Waals surface area contributed by atoms with E-state index in [1.54, 1.807) is 20.8 Å². The molecule has 1 aliphatic heterocycles. The van der Waals surface area contributed by atoms with E-state index >= 15 is 0 Å². The molecule has 0 amide bonds. The fraction of sp³-hybridized carbons (Fsp3) is 0.867. The molecule has 21 heteroatoms. The van der Waals surface area contributed by atoms with Crippen LogP contribution in [0.25, 0.3) is 0 Å². The van der Waals surface area contributed by atoms with Crippen molar-refractivity contribution in [1.82, 2.24) is 0 Å². The van der Waals surface area contributed by atoms with Gasteiger partial charge in [0.25, 0.3) is 11.7 Å². The number of carbonyl (C=O) groups is 4. The second-order valence-corrected chi connectivity index (χ2v) is 14.4. The SMILES string of the molecule is CCC(C)(C)C(=O)OC(C)(C)C(O)(C(F)(F)F)C(F)(F)F.CCC(C)(C)C(=O)OC1C2CC3C1OC(=O)C3C2C(=O)OC(C(F)(F)F)C(F)(F)F. The Morgan fingerprint density at radius 2 is 1.20 bits per heavy atom. The van der Waals surface area contributed by atoms with Crippen LogP contribution >= 0.6 is 0 Å². The minimum Gasteiger partial charge on any atom is -0.458 e. The van der Waals surface area contributed by atoms with Crippen LogP contribution in [0.5, 0.6) is 0 Å². The van der Waals surface area contributed by atoms with Crippen molar-refractivity contribution < 1.29 is 95.9 Å². The van der Waals surface area contributed by atoms with E-state index in [2.05, 4.69) is 9.47 Å². The summed E-state index contributed by atoms with van der Waals surface area (Å²) in [6, 6.07) is 0. The topological polar surface area (TPSA) is 125 Å². The summed E-state index contributed by atoms with van der Waals surface area (Å²) in [5.74, 6) is -9.10. The van der Waals surface area contributed by atoms with E-state index in [1.165, 1.54) is 20.8 Å². The number of hydrogen-bond donors (Lipinski definition) is 1. The van der Waals surface area contributed by atoms with E-state index in [0.29, 0.717) is 20.3 Å². The molecular formula is C30H38F12O9. The van der Waals surface area contributed by atoms with Crippen molar-refractivity contribution in [1.29, 1.82) is 0 Å². The van der Waals surface area contributed by atoms with E-state index in [0.717, 1.165) is 0 Å². The fourth-order valence-corrected chi connectivity index (χ4v) is 5.84. The lowest BCUT2D eigenvalue weighted by Crippen LogP contribution is -2.70. The average molecular weight is 771 g/mol. The number of halogens is 12. The van der Waals surface area contributed by atoms with E-state index in [-0.39, 0.29) is 12.8 Å². The maximum Gasteiger partial charge on any atom is 0.434 e. The Morgan fingerprint density at radius 3 is 1.59 bits per heavy atom. The number of rotatable bonds is 9. The minimum atomic E-state index is -6.06. The molecule has 0 aromatic heterocycles. The van der Waals surface area contributed by atoms with Crippen LogP contribution in [0, 0.1) is 34.5 Å². The van der Waals surface area contributed by atoms with E-state index in [1.807, 2.05) is 0 Å². The highest BCUT2D eigenvalue weighted by Crippen LogP contribution is 2.59. The Kier molecular flexibility index (Phi) is 11.9. The molecule has 0 spiro atoms. The molecule has 2 saturated carbocycles. The van der Waals surface area contributed by atoms with Gasteiger partial charge in [0.05, 0.1) is 22.7 Å². The largest absolute Gasteiger partial charge is 0.458 e. The van der Waals surface area contributed by atoms with Gasteiger partial charge >= 0.3 is 48.6 Å². The molecular weight excluding hydrogens is 732 g/mol. The summed E-state index contributed by atoms with van der Waals surface area (Å²) in [6.07, 6.45) is -29.6. The summed E-state index contributed by atoms with van der Waals surface area (Å²) in [5, 5.41) is 9.27. The molecule has 51 heavy (non-hydrogen) atoms. The van der Waals surface area contributed by atoms with Crippen LogP contribution in [-0.4, -0.2) is 83.2 Å². The van der Waals surface area contributed by atoms with Crippen LogP contribution in [-0.2, 0) is 38.1 Å². The number of alkyl halides is 12. The zero-order chi connectivity index (χ0) is 40.3. The third-order valence-corrected chi connectivity index (χ3v) is 9.80. The molecule has 9 nitrogen and oxygen atoms in total. The second-order valence-electron chi connectivity index (χ2n) is 14.4. The predicted molar refractivity (Wildman–Crippen MR) is 146 cm³/mol. The first-order valence-corrected chi connectivity index (χ1v) is 15.4. The molecule has 3 fully saturated rings. The molecule has 1 heterocycles. The van der Waals surface area contributed by atoms with Crippen molar-refractivity contribution in [2.45, 2.75) is 129 Å². The van der Waals surface area contributed by atoms with Gasteiger partial charge in [-0.15, -0.1) is 0 Å². The number of esters is 4. The van der Waals surface area contributed by atoms with E-state index < -0.39 is 113 Å². The van der Waals surface area contributed by atoms with Crippen LogP contribution in [0.2, 0.25) is 0 Å². The monoisotopic (exact) mass is 770 g/mol. The molecule has 2 aliphatic carbocycles. The summed E-state index contributed by atoms with van der Waals surface area (Å²) < 4.78 is 172. The maximum atomic E-state index is 12.8. The zero-order valence-electron chi connectivity index (χ0n) is 28.4. The first kappa shape index (κ1) is 44.2. The summed E-state index contributed by atoms with van der Waals surface area (Å²) in [5.41, 5.74) is -10.6. The van der Waals surface area contributed by atoms with Crippen molar-refractivity contribution in [2.24, 2.45) is 34.5 Å². The molecule has 6 unspecified atom stereocenters. The van der Waals surface area contributed by atoms with Crippen LogP contribution in [0.4, 0.5) is 52.7 Å². The molecule has 2 bridgehead atoms. The predicted octanol–water partition coefficient (Wildman–Crippen LogP) is 6.78. The van der Waals surface area contributed by atoms with Crippen molar-refractivity contribution in [3.63, 3.8) is 0 Å². The quantitative estimate of drug-likeness (QED) is 0.154. The van der Waals surface area contributed by atoms with Gasteiger partial charge in [-0.1, -0.05) is 13.8 Å². The van der Waals surface area contributed by atoms with Gasteiger partial charge in [0, 0.05) is 11.8 Å². The standard InChI is InChI=1S/C18H20F6O6.C12H18F6O3/c1-4-16(2,3)15(27)29-11-7-5-6-8(12(25)28-10(6)11)9(7)13(26)30-14(17(19,20)21)18(22,23)24;1-6-8(2,3)7(19)21-9(4,5)10(20,11(13,14)15)12(16,17)18/h6-11,14H,4-5H2,1-3H3;20H,6H2,1-5H3. The first-order valence-electron chi connectivity index (χ1n) is 15.4. The molecule has 0 radical (unpaired) electrons. The van der Waals surface area contributed by atoms with Gasteiger partial charge in [-0.2, -0.15) is 52.7 Å². The highest BCUT2D eigenvalue weighted by molar-refractivity contribution is 5.86. The number of aliphatic hydroxyl groups is 1. The van der Waals surface area contributed by atoms with Crippen molar-refractivity contribution in [3.8, 4) is 0 Å². The normalized spacial score (nSPS) is 25.6. The van der Waals surface area contributed by atoms with Crippen LogP contribution in [0.15, 0.2) is 0 Å². The highest BCUT2D eigenvalue weighted by atomic mass is 19.4. The summed E-state index contributed by atoms with van der Waals surface area (Å²) in [4.78, 5) is 48.7. The van der Waals surface area contributed by atoms with Gasteiger partial charge in [0.2, 0.25) is 0 Å². The Balaban J connectivity index is 0.000000380. The summed E-state index contributed by atoms with van der Waals surface area (Å²) >= 11 is 0. The molecule has 296 valence electrons. The summed E-state index contributed by atoms with van der Waals surface area (Å²) in [6.45, 7) is 9.80. The lowest BCUT2D eigenvalue weighted by Gasteiger charge is -2.44. The highest BCUT2D eigenvalue weighted by Gasteiger charge is 2.79. The Bertz CT molecular complexity index is 1300. The average Bonchev–Trinajstić information content (AvgIpc) is 3.56. The van der Waals surface area contributed by atoms with E-state index in [9.17, 15) is 77.0 Å². The lowest BCUT2D eigenvalue weighted by molar-refractivity contribution is -0.408. The third-order valence-electron chi connectivity index (χ3n) is 9.80. The van der Waals surface area contributed by atoms with Gasteiger partial charge in [-0.3, -0.25) is 19.2 Å². The number of hydrogen-bond acceptors (Lipinski definition) is 9. The van der Waals surface area contributed by atoms with Crippen molar-refractivity contribution >= 4 is 23.9 Å².